The molecule has 0 N–H and O–H groups in total. The van der Waals surface area contributed by atoms with Gasteiger partial charge in [-0.3, -0.25) is 9.69 Å². The molecular weight excluding hydrogens is 398 g/mol. The van der Waals surface area contributed by atoms with Crippen molar-refractivity contribution in [2.75, 3.05) is 40.3 Å². The van der Waals surface area contributed by atoms with E-state index < -0.39 is 5.66 Å². The Morgan fingerprint density at radius 2 is 1.87 bits per heavy atom. The highest BCUT2D eigenvalue weighted by molar-refractivity contribution is 6.31. The highest BCUT2D eigenvalue weighted by Crippen LogP contribution is 2.38. The number of carbonyl (C=O) groups excluding carboxylic acids is 1. The fourth-order valence-corrected chi connectivity index (χ4v) is 4.24. The Morgan fingerprint density at radius 1 is 1.13 bits per heavy atom. The maximum absolute atomic E-state index is 13.4. The minimum absolute atomic E-state index is 0.0830. The van der Waals surface area contributed by atoms with Gasteiger partial charge in [-0.15, -0.1) is 5.11 Å². The average Bonchev–Trinajstić information content (AvgIpc) is 3.38. The van der Waals surface area contributed by atoms with E-state index in [0.717, 1.165) is 31.5 Å². The summed E-state index contributed by atoms with van der Waals surface area (Å²) in [6.07, 6.45) is 2.33. The van der Waals surface area contributed by atoms with Gasteiger partial charge in [-0.05, 0) is 52.2 Å². The molecule has 0 aliphatic carbocycles. The summed E-state index contributed by atoms with van der Waals surface area (Å²) in [4.78, 5) is 22.7. The number of carbonyl (C=O) groups is 1. The van der Waals surface area contributed by atoms with Gasteiger partial charge in [-0.1, -0.05) is 48.0 Å². The van der Waals surface area contributed by atoms with Crippen molar-refractivity contribution in [1.82, 2.24) is 9.80 Å². The van der Waals surface area contributed by atoms with E-state index in [9.17, 15) is 4.79 Å². The molecule has 1 atom stereocenters. The molecule has 0 spiro atoms. The molecule has 2 aliphatic heterocycles. The highest BCUT2D eigenvalue weighted by Gasteiger charge is 2.41. The van der Waals surface area contributed by atoms with E-state index in [0.29, 0.717) is 35.1 Å². The number of hydrogen-bond acceptors (Lipinski definition) is 6. The van der Waals surface area contributed by atoms with Crippen molar-refractivity contribution < 1.29 is 4.79 Å². The van der Waals surface area contributed by atoms with Crippen molar-refractivity contribution in [3.8, 4) is 0 Å². The molecule has 1 saturated heterocycles. The predicted octanol–water partition coefficient (Wildman–Crippen LogP) is 4.25. The van der Waals surface area contributed by atoms with Gasteiger partial charge in [-0.2, -0.15) is 5.11 Å². The van der Waals surface area contributed by atoms with Crippen LogP contribution in [0, 0.1) is 0 Å². The number of rotatable bonds is 7. The first-order valence-electron chi connectivity index (χ1n) is 10.3. The molecule has 156 valence electrons. The summed E-state index contributed by atoms with van der Waals surface area (Å²) in [5.74, 6) is 0.590. The van der Waals surface area contributed by atoms with Gasteiger partial charge in [0.2, 0.25) is 5.66 Å². The zero-order valence-electron chi connectivity index (χ0n) is 17.4. The lowest BCUT2D eigenvalue weighted by Gasteiger charge is -2.29. The van der Waals surface area contributed by atoms with Gasteiger partial charge in [0.25, 0.3) is 0 Å². The van der Waals surface area contributed by atoms with Gasteiger partial charge in [0.1, 0.15) is 0 Å². The summed E-state index contributed by atoms with van der Waals surface area (Å²) in [6.45, 7) is 3.21. The molecule has 2 aromatic rings. The number of azo groups is 1. The Bertz CT molecular complexity index is 982. The van der Waals surface area contributed by atoms with Gasteiger partial charge >= 0.3 is 0 Å². The minimum Gasteiger partial charge on any atom is -0.302 e. The molecule has 0 radical (unpaired) electrons. The predicted molar refractivity (Wildman–Crippen MR) is 120 cm³/mol. The van der Waals surface area contributed by atoms with Gasteiger partial charge in [-0.25, -0.2) is 4.99 Å². The first-order valence-corrected chi connectivity index (χ1v) is 10.6. The molecule has 30 heavy (non-hydrogen) atoms. The van der Waals surface area contributed by atoms with Crippen LogP contribution in [0.4, 0.5) is 0 Å². The van der Waals surface area contributed by atoms with Crippen molar-refractivity contribution >= 4 is 23.2 Å². The molecule has 7 heteroatoms. The number of benzene rings is 2. The molecule has 0 amide bonds. The quantitative estimate of drug-likeness (QED) is 0.625. The van der Waals surface area contributed by atoms with Crippen LogP contribution in [0.1, 0.15) is 34.3 Å². The number of halogens is 1. The van der Waals surface area contributed by atoms with Crippen LogP contribution in [0.5, 0.6) is 0 Å². The molecule has 0 bridgehead atoms. The molecule has 4 rings (SSSR count). The monoisotopic (exact) mass is 423 g/mol. The minimum atomic E-state index is -0.931. The van der Waals surface area contributed by atoms with Crippen molar-refractivity contribution in [3.05, 3.63) is 70.2 Å². The van der Waals surface area contributed by atoms with Crippen LogP contribution >= 0.6 is 11.6 Å². The maximum Gasteiger partial charge on any atom is 0.211 e. The molecule has 2 heterocycles. The third-order valence-electron chi connectivity index (χ3n) is 5.44. The molecule has 1 fully saturated rings. The third-order valence-corrected chi connectivity index (χ3v) is 5.67. The van der Waals surface area contributed by atoms with Crippen molar-refractivity contribution in [3.63, 3.8) is 0 Å². The lowest BCUT2D eigenvalue weighted by molar-refractivity contribution is 0.103. The number of aliphatic imine (C=N–C) groups is 1. The number of nitrogens with zero attached hydrogens (tertiary/aromatic N) is 5. The van der Waals surface area contributed by atoms with Crippen molar-refractivity contribution in [1.29, 1.82) is 0 Å². The second-order valence-corrected chi connectivity index (χ2v) is 8.59. The Hall–Kier alpha value is -2.41. The van der Waals surface area contributed by atoms with Crippen LogP contribution in [0.25, 0.3) is 0 Å². The summed E-state index contributed by atoms with van der Waals surface area (Å²) in [7, 11) is 3.95. The van der Waals surface area contributed by atoms with Crippen LogP contribution < -0.4 is 0 Å². The van der Waals surface area contributed by atoms with Gasteiger partial charge in [0.15, 0.2) is 11.6 Å². The lowest BCUT2D eigenvalue weighted by Crippen LogP contribution is -2.37. The SMILES string of the molecule is CN(C)CC1=NC(CN2CCCC2)(c2ccc(Cl)cc2C(=O)c2ccccc2)N=N1. The fraction of sp³-hybridized carbons (Fsp3) is 0.391. The van der Waals surface area contributed by atoms with Crippen LogP contribution in [-0.2, 0) is 5.66 Å². The summed E-state index contributed by atoms with van der Waals surface area (Å²) in [5, 5.41) is 9.58. The first-order chi connectivity index (χ1) is 14.5. The molecular formula is C23H26ClN5O. The molecule has 6 nitrogen and oxygen atoms in total. The van der Waals surface area contributed by atoms with Crippen molar-refractivity contribution in [2.24, 2.45) is 15.2 Å². The smallest absolute Gasteiger partial charge is 0.211 e. The second-order valence-electron chi connectivity index (χ2n) is 8.15. The molecule has 2 aliphatic rings. The summed E-state index contributed by atoms with van der Waals surface area (Å²) < 4.78 is 0. The van der Waals surface area contributed by atoms with E-state index in [1.54, 1.807) is 12.1 Å². The van der Waals surface area contributed by atoms with Crippen LogP contribution in [0.3, 0.4) is 0 Å². The van der Waals surface area contributed by atoms with Crippen LogP contribution in [0.2, 0.25) is 5.02 Å². The largest absolute Gasteiger partial charge is 0.302 e. The zero-order chi connectivity index (χ0) is 21.1. The van der Waals surface area contributed by atoms with Gasteiger partial charge in [0, 0.05) is 21.7 Å². The summed E-state index contributed by atoms with van der Waals surface area (Å²) in [6, 6.07) is 14.7. The molecule has 2 aromatic carbocycles. The first kappa shape index (κ1) is 20.8. The Morgan fingerprint density at radius 3 is 2.57 bits per heavy atom. The zero-order valence-corrected chi connectivity index (χ0v) is 18.1. The maximum atomic E-state index is 13.4. The second kappa shape index (κ2) is 8.76. The van der Waals surface area contributed by atoms with E-state index in [1.807, 2.05) is 55.4 Å². The third kappa shape index (κ3) is 4.36. The molecule has 0 aromatic heterocycles. The van der Waals surface area contributed by atoms with Crippen molar-refractivity contribution in [2.45, 2.75) is 18.5 Å². The van der Waals surface area contributed by atoms with Crippen LogP contribution in [-0.4, -0.2) is 61.7 Å². The van der Waals surface area contributed by atoms with E-state index in [1.165, 1.54) is 0 Å². The lowest BCUT2D eigenvalue weighted by atomic mass is 9.90. The van der Waals surface area contributed by atoms with E-state index in [2.05, 4.69) is 15.1 Å². The van der Waals surface area contributed by atoms with Gasteiger partial charge in [0.05, 0.1) is 13.1 Å². The van der Waals surface area contributed by atoms with E-state index in [4.69, 9.17) is 16.6 Å². The Balaban J connectivity index is 1.81. The highest BCUT2D eigenvalue weighted by atomic mass is 35.5. The number of likely N-dealkylation sites (tertiary alicyclic amines) is 1. The molecule has 0 saturated carbocycles. The van der Waals surface area contributed by atoms with E-state index in [-0.39, 0.29) is 5.78 Å². The van der Waals surface area contributed by atoms with Gasteiger partial charge < -0.3 is 4.90 Å². The number of ketones is 1. The summed E-state index contributed by atoms with van der Waals surface area (Å²) >= 11 is 6.31. The Kier molecular flexibility index (Phi) is 6.09. The molecule has 1 unspecified atom stereocenters. The normalized spacial score (nSPS) is 21.4. The number of amidine groups is 1. The topological polar surface area (TPSA) is 60.6 Å². The standard InChI is InChI=1S/C23H26ClN5O/c1-28(2)15-21-25-23(27-26-21,16-29-12-6-7-13-29)20-11-10-18(24)14-19(20)22(30)17-8-4-3-5-9-17/h3-5,8-11,14H,6-7,12-13,15-16H2,1-2H3. The average molecular weight is 424 g/mol. The fourth-order valence-electron chi connectivity index (χ4n) is 4.07. The summed E-state index contributed by atoms with van der Waals surface area (Å²) in [5.41, 5.74) is 0.969. The van der Waals surface area contributed by atoms with Crippen LogP contribution in [0.15, 0.2) is 63.8 Å². The number of hydrogen-bond donors (Lipinski definition) is 0. The van der Waals surface area contributed by atoms with E-state index >= 15 is 0 Å². The number of likely N-dealkylation sites (N-methyl/N-ethyl adjacent to an activating group) is 1. The Labute approximate surface area is 182 Å².